The van der Waals surface area contributed by atoms with E-state index in [2.05, 4.69) is 0 Å². The molecule has 102 valence electrons. The first-order valence-electron chi connectivity index (χ1n) is 5.28. The highest BCUT2D eigenvalue weighted by Gasteiger charge is 2.27. The van der Waals surface area contributed by atoms with Crippen LogP contribution in [0.2, 0.25) is 0 Å². The first-order chi connectivity index (χ1) is 8.42. The van der Waals surface area contributed by atoms with E-state index in [9.17, 15) is 13.2 Å². The van der Waals surface area contributed by atoms with Gasteiger partial charge < -0.3 is 10.5 Å². The van der Waals surface area contributed by atoms with E-state index >= 15 is 0 Å². The van der Waals surface area contributed by atoms with Crippen molar-refractivity contribution in [2.24, 2.45) is 0 Å². The number of hydrogen-bond donors (Lipinski definition) is 1. The normalized spacial score (nSPS) is 11.6. The molecule has 0 saturated carbocycles. The number of nitrogen functional groups attached to an aromatic ring is 1. The second-order valence-corrected chi connectivity index (χ2v) is 5.57. The Hall–Kier alpha value is -0.690. The molecule has 1 aromatic carbocycles. The summed E-state index contributed by atoms with van der Waals surface area (Å²) >= 11 is 1.28. The lowest BCUT2D eigenvalue weighted by atomic mass is 10.3. The topological polar surface area (TPSA) is 35.2 Å². The quantitative estimate of drug-likeness (QED) is 0.489. The van der Waals surface area contributed by atoms with Crippen LogP contribution in [0.15, 0.2) is 23.1 Å². The Labute approximate surface area is 112 Å². The number of rotatable bonds is 6. The Balaban J connectivity index is 2.48. The number of ether oxygens (including phenoxy) is 1. The lowest BCUT2D eigenvalue weighted by molar-refractivity contribution is -0.0326. The monoisotopic (exact) mass is 297 g/mol. The van der Waals surface area contributed by atoms with E-state index in [1.165, 1.54) is 11.8 Å². The van der Waals surface area contributed by atoms with Crippen molar-refractivity contribution in [3.05, 3.63) is 18.2 Å². The molecule has 0 aliphatic carbocycles. The molecule has 18 heavy (non-hydrogen) atoms. The van der Waals surface area contributed by atoms with Crippen molar-refractivity contribution in [2.75, 3.05) is 23.8 Å². The van der Waals surface area contributed by atoms with Gasteiger partial charge in [0, 0.05) is 22.1 Å². The standard InChI is InChI=1S/C11H14F3NOS2/c1-2-16-8-3-4-9(15)10(7-8)17-5-6-18-11(12,13)14/h3-4,7H,2,5-6,15H2,1H3. The molecule has 2 N–H and O–H groups in total. The van der Waals surface area contributed by atoms with E-state index in [0.717, 1.165) is 4.90 Å². The van der Waals surface area contributed by atoms with Crippen molar-refractivity contribution >= 4 is 29.2 Å². The molecular formula is C11H14F3NOS2. The molecule has 0 aromatic heterocycles. The van der Waals surface area contributed by atoms with E-state index in [0.29, 0.717) is 23.8 Å². The average molecular weight is 297 g/mol. The lowest BCUT2D eigenvalue weighted by Crippen LogP contribution is -2.02. The van der Waals surface area contributed by atoms with Crippen LogP contribution in [0.25, 0.3) is 0 Å². The maximum Gasteiger partial charge on any atom is 0.441 e. The van der Waals surface area contributed by atoms with E-state index < -0.39 is 5.51 Å². The predicted octanol–water partition coefficient (Wildman–Crippen LogP) is 4.01. The van der Waals surface area contributed by atoms with Gasteiger partial charge in [-0.15, -0.1) is 11.8 Å². The summed E-state index contributed by atoms with van der Waals surface area (Å²) in [5, 5.41) is 0. The second-order valence-electron chi connectivity index (χ2n) is 3.28. The molecule has 1 rings (SSSR count). The fourth-order valence-electron chi connectivity index (χ4n) is 1.21. The molecule has 0 saturated heterocycles. The predicted molar refractivity (Wildman–Crippen MR) is 71.3 cm³/mol. The molecule has 0 aliphatic rings. The van der Waals surface area contributed by atoms with Crippen molar-refractivity contribution in [2.45, 2.75) is 17.3 Å². The Morgan fingerprint density at radius 2 is 2.00 bits per heavy atom. The minimum Gasteiger partial charge on any atom is -0.494 e. The van der Waals surface area contributed by atoms with Gasteiger partial charge in [0.05, 0.1) is 6.61 Å². The van der Waals surface area contributed by atoms with Crippen LogP contribution in [-0.4, -0.2) is 23.6 Å². The maximum absolute atomic E-state index is 11.9. The SMILES string of the molecule is CCOc1ccc(N)c(SCCSC(F)(F)F)c1. The summed E-state index contributed by atoms with van der Waals surface area (Å²) in [5.41, 5.74) is 2.14. The van der Waals surface area contributed by atoms with Crippen LogP contribution in [-0.2, 0) is 0 Å². The first-order valence-corrected chi connectivity index (χ1v) is 7.25. The van der Waals surface area contributed by atoms with Gasteiger partial charge in [0.1, 0.15) is 5.75 Å². The van der Waals surface area contributed by atoms with Gasteiger partial charge >= 0.3 is 5.51 Å². The third-order valence-corrected chi connectivity index (χ3v) is 3.97. The fourth-order valence-corrected chi connectivity index (χ4v) is 2.76. The van der Waals surface area contributed by atoms with Gasteiger partial charge in [-0.3, -0.25) is 0 Å². The first kappa shape index (κ1) is 15.4. The molecular weight excluding hydrogens is 283 g/mol. The average Bonchev–Trinajstić information content (AvgIpc) is 2.27. The summed E-state index contributed by atoms with van der Waals surface area (Å²) in [6.07, 6.45) is 0. The molecule has 0 unspecified atom stereocenters. The van der Waals surface area contributed by atoms with Crippen LogP contribution in [0.1, 0.15) is 6.92 Å². The van der Waals surface area contributed by atoms with Crippen LogP contribution in [0, 0.1) is 0 Å². The lowest BCUT2D eigenvalue weighted by Gasteiger charge is -2.09. The van der Waals surface area contributed by atoms with E-state index in [1.54, 1.807) is 18.2 Å². The van der Waals surface area contributed by atoms with Crippen LogP contribution < -0.4 is 10.5 Å². The zero-order valence-electron chi connectivity index (χ0n) is 9.79. The minimum atomic E-state index is -4.17. The Bertz CT molecular complexity index is 385. The Morgan fingerprint density at radius 3 is 2.61 bits per heavy atom. The van der Waals surface area contributed by atoms with Gasteiger partial charge in [-0.05, 0) is 25.1 Å². The second kappa shape index (κ2) is 7.04. The van der Waals surface area contributed by atoms with Gasteiger partial charge in [-0.2, -0.15) is 13.2 Å². The summed E-state index contributed by atoms with van der Waals surface area (Å²) < 4.78 is 41.1. The molecule has 1 aromatic rings. The van der Waals surface area contributed by atoms with Crippen molar-refractivity contribution < 1.29 is 17.9 Å². The number of hydrogen-bond acceptors (Lipinski definition) is 4. The summed E-state index contributed by atoms with van der Waals surface area (Å²) in [5.74, 6) is 1.04. The number of halogens is 3. The van der Waals surface area contributed by atoms with E-state index in [1.807, 2.05) is 6.92 Å². The summed E-state index contributed by atoms with van der Waals surface area (Å²) in [4.78, 5) is 0.753. The van der Waals surface area contributed by atoms with Gasteiger partial charge in [0.15, 0.2) is 0 Å². The molecule has 0 fully saturated rings. The molecule has 0 atom stereocenters. The van der Waals surface area contributed by atoms with Gasteiger partial charge in [-0.25, -0.2) is 0 Å². The molecule has 0 aliphatic heterocycles. The number of nitrogens with two attached hydrogens (primary N) is 1. The number of anilines is 1. The van der Waals surface area contributed by atoms with Crippen molar-refractivity contribution in [1.82, 2.24) is 0 Å². The Kier molecular flexibility index (Phi) is 6.01. The number of alkyl halides is 3. The highest BCUT2D eigenvalue weighted by atomic mass is 32.2. The molecule has 7 heteroatoms. The Morgan fingerprint density at radius 1 is 1.28 bits per heavy atom. The van der Waals surface area contributed by atoms with Gasteiger partial charge in [0.25, 0.3) is 0 Å². The smallest absolute Gasteiger partial charge is 0.441 e. The summed E-state index contributed by atoms with van der Waals surface area (Å²) in [7, 11) is 0. The highest BCUT2D eigenvalue weighted by molar-refractivity contribution is 8.03. The van der Waals surface area contributed by atoms with E-state index in [4.69, 9.17) is 10.5 Å². The molecule has 2 nitrogen and oxygen atoms in total. The number of thioether (sulfide) groups is 2. The van der Waals surface area contributed by atoms with Crippen molar-refractivity contribution in [3.8, 4) is 5.75 Å². The third kappa shape index (κ3) is 5.77. The van der Waals surface area contributed by atoms with Crippen LogP contribution in [0.3, 0.4) is 0 Å². The summed E-state index contributed by atoms with van der Waals surface area (Å²) in [6, 6.07) is 5.19. The maximum atomic E-state index is 11.9. The fraction of sp³-hybridized carbons (Fsp3) is 0.455. The molecule has 0 spiro atoms. The third-order valence-electron chi connectivity index (χ3n) is 1.90. The summed E-state index contributed by atoms with van der Waals surface area (Å²) in [6.45, 7) is 2.40. The van der Waals surface area contributed by atoms with Crippen molar-refractivity contribution in [3.63, 3.8) is 0 Å². The van der Waals surface area contributed by atoms with Gasteiger partial charge in [-0.1, -0.05) is 11.8 Å². The van der Waals surface area contributed by atoms with Crippen LogP contribution in [0.5, 0.6) is 5.75 Å². The molecule has 0 amide bonds. The molecule has 0 radical (unpaired) electrons. The van der Waals surface area contributed by atoms with Crippen molar-refractivity contribution in [1.29, 1.82) is 0 Å². The van der Waals surface area contributed by atoms with E-state index in [-0.39, 0.29) is 17.5 Å². The zero-order valence-corrected chi connectivity index (χ0v) is 11.4. The van der Waals surface area contributed by atoms with Crippen LogP contribution >= 0.6 is 23.5 Å². The number of benzene rings is 1. The largest absolute Gasteiger partial charge is 0.494 e. The zero-order chi connectivity index (χ0) is 13.6. The molecule has 0 heterocycles. The highest BCUT2D eigenvalue weighted by Crippen LogP contribution is 2.33. The van der Waals surface area contributed by atoms with Gasteiger partial charge in [0.2, 0.25) is 0 Å². The minimum absolute atomic E-state index is 0.00642. The van der Waals surface area contributed by atoms with Crippen LogP contribution in [0.4, 0.5) is 18.9 Å². The molecule has 0 bridgehead atoms.